The molecule has 1 fully saturated rings. The first kappa shape index (κ1) is 9.09. The van der Waals surface area contributed by atoms with Crippen LogP contribution in [0.1, 0.15) is 4.88 Å². The smallest absolute Gasteiger partial charge is 0.0642 e. The van der Waals surface area contributed by atoms with Crippen molar-refractivity contribution in [2.45, 2.75) is 0 Å². The molecule has 4 heteroatoms. The van der Waals surface area contributed by atoms with E-state index in [2.05, 4.69) is 27.6 Å². The van der Waals surface area contributed by atoms with Crippen LogP contribution in [0, 0.1) is 0 Å². The summed E-state index contributed by atoms with van der Waals surface area (Å²) >= 11 is 3.74. The number of thiophene rings is 1. The van der Waals surface area contributed by atoms with Crippen LogP contribution in [0.15, 0.2) is 22.6 Å². The first-order valence-corrected chi connectivity index (χ1v) is 6.39. The van der Waals surface area contributed by atoms with Gasteiger partial charge in [0.1, 0.15) is 0 Å². The Labute approximate surface area is 86.6 Å². The first-order valence-electron chi connectivity index (χ1n) is 4.35. The Bertz CT molecular complexity index is 263. The largest absolute Gasteiger partial charge is 0.295 e. The zero-order valence-corrected chi connectivity index (χ0v) is 8.98. The normalized spacial score (nSPS) is 18.3. The third-order valence-electron chi connectivity index (χ3n) is 1.88. The molecule has 0 bridgehead atoms. The lowest BCUT2D eigenvalue weighted by atomic mass is 10.5. The molecule has 1 aromatic rings. The Morgan fingerprint density at radius 1 is 1.38 bits per heavy atom. The molecule has 2 nitrogen and oxygen atoms in total. The minimum atomic E-state index is 1.09. The zero-order valence-electron chi connectivity index (χ0n) is 7.35. The fourth-order valence-electron chi connectivity index (χ4n) is 1.17. The second-order valence-corrected chi connectivity index (χ2v) is 5.03. The number of thioether (sulfide) groups is 1. The van der Waals surface area contributed by atoms with Crippen molar-refractivity contribution >= 4 is 29.3 Å². The van der Waals surface area contributed by atoms with Crippen molar-refractivity contribution in [2.75, 3.05) is 24.6 Å². The Morgan fingerprint density at radius 2 is 2.23 bits per heavy atom. The molecular formula is C9H12N2S2. The van der Waals surface area contributed by atoms with Gasteiger partial charge in [-0.3, -0.25) is 5.01 Å². The van der Waals surface area contributed by atoms with Crippen molar-refractivity contribution in [1.29, 1.82) is 0 Å². The molecule has 0 saturated carbocycles. The van der Waals surface area contributed by atoms with Gasteiger partial charge >= 0.3 is 0 Å². The van der Waals surface area contributed by atoms with E-state index in [-0.39, 0.29) is 0 Å². The molecule has 13 heavy (non-hydrogen) atoms. The van der Waals surface area contributed by atoms with Gasteiger partial charge in [0, 0.05) is 29.5 Å². The third kappa shape index (κ3) is 2.74. The van der Waals surface area contributed by atoms with Gasteiger partial charge in [-0.1, -0.05) is 6.07 Å². The summed E-state index contributed by atoms with van der Waals surface area (Å²) in [5.41, 5.74) is 0. The van der Waals surface area contributed by atoms with Gasteiger partial charge in [0.25, 0.3) is 0 Å². The van der Waals surface area contributed by atoms with E-state index >= 15 is 0 Å². The summed E-state index contributed by atoms with van der Waals surface area (Å²) in [6.07, 6.45) is 1.96. The topological polar surface area (TPSA) is 15.6 Å². The van der Waals surface area contributed by atoms with Gasteiger partial charge < -0.3 is 0 Å². The molecular weight excluding hydrogens is 200 g/mol. The summed E-state index contributed by atoms with van der Waals surface area (Å²) in [6, 6.07) is 4.14. The predicted octanol–water partition coefficient (Wildman–Crippen LogP) is 2.13. The summed E-state index contributed by atoms with van der Waals surface area (Å²) in [6.45, 7) is 2.18. The van der Waals surface area contributed by atoms with Gasteiger partial charge in [0.05, 0.1) is 6.21 Å². The van der Waals surface area contributed by atoms with Gasteiger partial charge in [-0.05, 0) is 11.4 Å². The molecule has 70 valence electrons. The lowest BCUT2D eigenvalue weighted by Gasteiger charge is -2.22. The monoisotopic (exact) mass is 212 g/mol. The number of rotatable bonds is 2. The van der Waals surface area contributed by atoms with Crippen LogP contribution < -0.4 is 0 Å². The molecule has 0 spiro atoms. The standard InChI is InChI=1S/C9H12N2S2/c1-2-9(13-5-1)8-10-11-3-6-12-7-4-11/h1-2,5,8H,3-4,6-7H2/b10-8-. The number of hydrazone groups is 1. The van der Waals surface area contributed by atoms with Crippen LogP contribution in [-0.4, -0.2) is 35.8 Å². The van der Waals surface area contributed by atoms with Crippen molar-refractivity contribution in [3.63, 3.8) is 0 Å². The maximum atomic E-state index is 4.43. The molecule has 1 saturated heterocycles. The molecule has 0 unspecified atom stereocenters. The molecule has 0 aromatic carbocycles. The molecule has 1 aliphatic rings. The highest BCUT2D eigenvalue weighted by atomic mass is 32.2. The van der Waals surface area contributed by atoms with Gasteiger partial charge in [0.2, 0.25) is 0 Å². The van der Waals surface area contributed by atoms with E-state index in [0.717, 1.165) is 13.1 Å². The van der Waals surface area contributed by atoms with Gasteiger partial charge in [0.15, 0.2) is 0 Å². The summed E-state index contributed by atoms with van der Waals surface area (Å²) in [5.74, 6) is 2.42. The fourth-order valence-corrected chi connectivity index (χ4v) is 2.64. The van der Waals surface area contributed by atoms with Gasteiger partial charge in [-0.15, -0.1) is 11.3 Å². The van der Waals surface area contributed by atoms with E-state index in [9.17, 15) is 0 Å². The van der Waals surface area contributed by atoms with Crippen LogP contribution in [0.3, 0.4) is 0 Å². The summed E-state index contributed by atoms with van der Waals surface area (Å²) in [7, 11) is 0. The molecule has 0 radical (unpaired) electrons. The second-order valence-electron chi connectivity index (χ2n) is 2.83. The number of hydrogen-bond donors (Lipinski definition) is 0. The Kier molecular flexibility index (Phi) is 3.27. The van der Waals surface area contributed by atoms with Crippen molar-refractivity contribution < 1.29 is 0 Å². The van der Waals surface area contributed by atoms with Crippen molar-refractivity contribution in [3.8, 4) is 0 Å². The zero-order chi connectivity index (χ0) is 8.93. The van der Waals surface area contributed by atoms with Crippen LogP contribution in [-0.2, 0) is 0 Å². The van der Waals surface area contributed by atoms with E-state index in [1.807, 2.05) is 18.0 Å². The van der Waals surface area contributed by atoms with E-state index < -0.39 is 0 Å². The molecule has 2 rings (SSSR count). The average molecular weight is 212 g/mol. The second kappa shape index (κ2) is 4.67. The highest BCUT2D eigenvalue weighted by Gasteiger charge is 2.06. The van der Waals surface area contributed by atoms with Crippen molar-refractivity contribution in [3.05, 3.63) is 22.4 Å². The maximum Gasteiger partial charge on any atom is 0.0642 e. The maximum absolute atomic E-state index is 4.43. The Morgan fingerprint density at radius 3 is 2.92 bits per heavy atom. The number of nitrogens with zero attached hydrogens (tertiary/aromatic N) is 2. The van der Waals surface area contributed by atoms with Crippen molar-refractivity contribution in [1.82, 2.24) is 5.01 Å². The van der Waals surface area contributed by atoms with E-state index in [1.54, 1.807) is 11.3 Å². The summed E-state index contributed by atoms with van der Waals surface area (Å²) in [4.78, 5) is 1.23. The molecule has 0 amide bonds. The summed E-state index contributed by atoms with van der Waals surface area (Å²) in [5, 5.41) is 8.66. The highest BCUT2D eigenvalue weighted by Crippen LogP contribution is 2.10. The lowest BCUT2D eigenvalue weighted by Crippen LogP contribution is -2.27. The molecule has 1 aliphatic heterocycles. The minimum Gasteiger partial charge on any atom is -0.295 e. The molecule has 0 atom stereocenters. The van der Waals surface area contributed by atoms with Crippen molar-refractivity contribution in [2.24, 2.45) is 5.10 Å². The van der Waals surface area contributed by atoms with Gasteiger partial charge in [-0.25, -0.2) is 0 Å². The van der Waals surface area contributed by atoms with Crippen LogP contribution in [0.25, 0.3) is 0 Å². The Hall–Kier alpha value is -0.480. The van der Waals surface area contributed by atoms with E-state index in [4.69, 9.17) is 0 Å². The van der Waals surface area contributed by atoms with Crippen LogP contribution >= 0.6 is 23.1 Å². The quantitative estimate of drug-likeness (QED) is 0.698. The van der Waals surface area contributed by atoms with Gasteiger partial charge in [-0.2, -0.15) is 16.9 Å². The lowest BCUT2D eigenvalue weighted by molar-refractivity contribution is 0.322. The van der Waals surface area contributed by atoms with E-state index in [0.29, 0.717) is 0 Å². The fraction of sp³-hybridized carbons (Fsp3) is 0.444. The first-order chi connectivity index (χ1) is 6.45. The summed E-state index contributed by atoms with van der Waals surface area (Å²) < 4.78 is 0. The Balaban J connectivity index is 1.89. The van der Waals surface area contributed by atoms with Crippen LogP contribution in [0.2, 0.25) is 0 Å². The SMILES string of the molecule is C(=N/N1CCSCC1)/c1cccs1. The highest BCUT2D eigenvalue weighted by molar-refractivity contribution is 7.99. The predicted molar refractivity (Wildman–Crippen MR) is 60.8 cm³/mol. The van der Waals surface area contributed by atoms with E-state index in [1.165, 1.54) is 16.4 Å². The molecule has 1 aromatic heterocycles. The number of hydrogen-bond acceptors (Lipinski definition) is 4. The minimum absolute atomic E-state index is 1.09. The molecule has 2 heterocycles. The molecule has 0 N–H and O–H groups in total. The molecule has 0 aliphatic carbocycles. The van der Waals surface area contributed by atoms with Crippen LogP contribution in [0.5, 0.6) is 0 Å². The van der Waals surface area contributed by atoms with Crippen LogP contribution in [0.4, 0.5) is 0 Å². The third-order valence-corrected chi connectivity index (χ3v) is 3.63. The average Bonchev–Trinajstić information content (AvgIpc) is 2.69.